The van der Waals surface area contributed by atoms with Gasteiger partial charge in [0, 0.05) is 32.8 Å². The Kier molecular flexibility index (Phi) is 4.52. The van der Waals surface area contributed by atoms with E-state index >= 15 is 0 Å². The van der Waals surface area contributed by atoms with Crippen LogP contribution in [0.4, 0.5) is 5.82 Å². The number of aromatic nitrogens is 4. The summed E-state index contributed by atoms with van der Waals surface area (Å²) in [6.07, 6.45) is 7.44. The van der Waals surface area contributed by atoms with Gasteiger partial charge in [0.25, 0.3) is 0 Å². The number of aryl methyl sites for hydroxylation is 1. The number of rotatable bonds is 3. The standard InChI is InChI=1S/C17H24N6O2/c1-13-19-15-11-18-12-16(23(15)20-13)21-5-7-22(8-6-21)17(24)10-14-4-2-3-9-25-14/h11-12,14H,2-10H2,1H3/t14-/m0/s1. The summed E-state index contributed by atoms with van der Waals surface area (Å²) in [6, 6.07) is 0. The van der Waals surface area contributed by atoms with Crippen molar-refractivity contribution in [2.24, 2.45) is 0 Å². The summed E-state index contributed by atoms with van der Waals surface area (Å²) >= 11 is 0. The van der Waals surface area contributed by atoms with Gasteiger partial charge in [-0.05, 0) is 26.2 Å². The van der Waals surface area contributed by atoms with Crippen molar-refractivity contribution in [1.29, 1.82) is 0 Å². The molecule has 2 aliphatic heterocycles. The molecule has 2 fully saturated rings. The number of ether oxygens (including phenoxy) is 1. The first-order valence-corrected chi connectivity index (χ1v) is 9.02. The number of carbonyl (C=O) groups is 1. The van der Waals surface area contributed by atoms with Crippen molar-refractivity contribution in [3.63, 3.8) is 0 Å². The van der Waals surface area contributed by atoms with Crippen LogP contribution in [0.1, 0.15) is 31.5 Å². The molecule has 4 rings (SSSR count). The molecule has 1 atom stereocenters. The van der Waals surface area contributed by atoms with Crippen LogP contribution in [0.3, 0.4) is 0 Å². The molecule has 0 spiro atoms. The van der Waals surface area contributed by atoms with Crippen LogP contribution in [0.15, 0.2) is 12.4 Å². The minimum absolute atomic E-state index is 0.107. The normalized spacial score (nSPS) is 21.7. The predicted molar refractivity (Wildman–Crippen MR) is 92.5 cm³/mol. The zero-order chi connectivity index (χ0) is 17.2. The largest absolute Gasteiger partial charge is 0.378 e. The second kappa shape index (κ2) is 6.95. The average Bonchev–Trinajstić information content (AvgIpc) is 3.03. The van der Waals surface area contributed by atoms with Crippen LogP contribution in [0.2, 0.25) is 0 Å². The molecule has 0 bridgehead atoms. The van der Waals surface area contributed by atoms with E-state index in [1.807, 2.05) is 22.5 Å². The van der Waals surface area contributed by atoms with E-state index in [0.29, 0.717) is 6.42 Å². The Morgan fingerprint density at radius 2 is 2.08 bits per heavy atom. The predicted octanol–water partition coefficient (Wildman–Crippen LogP) is 1.04. The lowest BCUT2D eigenvalue weighted by Gasteiger charge is -2.36. The lowest BCUT2D eigenvalue weighted by Crippen LogP contribution is -2.50. The zero-order valence-electron chi connectivity index (χ0n) is 14.6. The molecule has 0 unspecified atom stereocenters. The van der Waals surface area contributed by atoms with Gasteiger partial charge in [-0.3, -0.25) is 9.78 Å². The average molecular weight is 344 g/mol. The Hall–Kier alpha value is -2.22. The molecule has 0 saturated carbocycles. The number of hydrogen-bond acceptors (Lipinski definition) is 6. The van der Waals surface area contributed by atoms with Crippen LogP contribution in [0, 0.1) is 6.92 Å². The van der Waals surface area contributed by atoms with Crippen LogP contribution in [-0.2, 0) is 9.53 Å². The summed E-state index contributed by atoms with van der Waals surface area (Å²) in [7, 11) is 0. The molecule has 8 nitrogen and oxygen atoms in total. The minimum atomic E-state index is 0.107. The number of anilines is 1. The van der Waals surface area contributed by atoms with Crippen molar-refractivity contribution in [1.82, 2.24) is 24.5 Å². The van der Waals surface area contributed by atoms with Crippen LogP contribution >= 0.6 is 0 Å². The molecular formula is C17H24N6O2. The molecule has 4 heterocycles. The molecular weight excluding hydrogens is 320 g/mol. The molecule has 2 saturated heterocycles. The maximum absolute atomic E-state index is 12.5. The zero-order valence-corrected chi connectivity index (χ0v) is 14.6. The Morgan fingerprint density at radius 1 is 1.24 bits per heavy atom. The third kappa shape index (κ3) is 3.44. The molecule has 134 valence electrons. The van der Waals surface area contributed by atoms with Crippen molar-refractivity contribution in [3.8, 4) is 0 Å². The van der Waals surface area contributed by atoms with Crippen molar-refractivity contribution >= 4 is 17.4 Å². The molecule has 25 heavy (non-hydrogen) atoms. The molecule has 0 radical (unpaired) electrons. The summed E-state index contributed by atoms with van der Waals surface area (Å²) < 4.78 is 7.52. The molecule has 0 aromatic carbocycles. The fourth-order valence-electron chi connectivity index (χ4n) is 3.60. The summed E-state index contributed by atoms with van der Waals surface area (Å²) in [4.78, 5) is 25.3. The van der Waals surface area contributed by atoms with Crippen molar-refractivity contribution in [2.45, 2.75) is 38.7 Å². The molecule has 1 amide bonds. The van der Waals surface area contributed by atoms with Crippen LogP contribution in [0.25, 0.3) is 5.65 Å². The van der Waals surface area contributed by atoms with E-state index < -0.39 is 0 Å². The van der Waals surface area contributed by atoms with Gasteiger partial charge in [-0.15, -0.1) is 5.10 Å². The summed E-state index contributed by atoms with van der Waals surface area (Å²) in [5, 5.41) is 4.45. The van der Waals surface area contributed by atoms with E-state index in [1.54, 1.807) is 6.20 Å². The molecule has 2 aliphatic rings. The van der Waals surface area contributed by atoms with Crippen molar-refractivity contribution in [2.75, 3.05) is 37.7 Å². The highest BCUT2D eigenvalue weighted by Gasteiger charge is 2.26. The number of fused-ring (bicyclic) bond motifs is 1. The summed E-state index contributed by atoms with van der Waals surface area (Å²) in [5.74, 6) is 1.87. The number of carbonyl (C=O) groups excluding carboxylic acids is 1. The third-order valence-corrected chi connectivity index (χ3v) is 4.97. The second-order valence-electron chi connectivity index (χ2n) is 6.76. The molecule has 0 N–H and O–H groups in total. The fraction of sp³-hybridized carbons (Fsp3) is 0.647. The van der Waals surface area contributed by atoms with Gasteiger partial charge in [-0.25, -0.2) is 4.98 Å². The smallest absolute Gasteiger partial charge is 0.225 e. The number of nitrogens with zero attached hydrogens (tertiary/aromatic N) is 6. The quantitative estimate of drug-likeness (QED) is 0.828. The number of hydrogen-bond donors (Lipinski definition) is 0. The number of amides is 1. The van der Waals surface area contributed by atoms with E-state index in [2.05, 4.69) is 20.0 Å². The first-order chi connectivity index (χ1) is 12.2. The van der Waals surface area contributed by atoms with Gasteiger partial charge in [0.1, 0.15) is 5.82 Å². The molecule has 2 aromatic rings. The topological polar surface area (TPSA) is 75.9 Å². The van der Waals surface area contributed by atoms with Gasteiger partial charge >= 0.3 is 0 Å². The second-order valence-corrected chi connectivity index (χ2v) is 6.76. The van der Waals surface area contributed by atoms with E-state index in [1.165, 1.54) is 6.42 Å². The third-order valence-electron chi connectivity index (χ3n) is 4.97. The Morgan fingerprint density at radius 3 is 2.84 bits per heavy atom. The monoisotopic (exact) mass is 344 g/mol. The Bertz CT molecular complexity index is 747. The van der Waals surface area contributed by atoms with E-state index in [9.17, 15) is 4.79 Å². The fourth-order valence-corrected chi connectivity index (χ4v) is 3.60. The van der Waals surface area contributed by atoms with E-state index in [-0.39, 0.29) is 12.0 Å². The molecule has 0 aliphatic carbocycles. The van der Waals surface area contributed by atoms with Gasteiger partial charge in [-0.1, -0.05) is 0 Å². The van der Waals surface area contributed by atoms with Crippen molar-refractivity contribution < 1.29 is 9.53 Å². The minimum Gasteiger partial charge on any atom is -0.378 e. The first-order valence-electron chi connectivity index (χ1n) is 9.02. The lowest BCUT2D eigenvalue weighted by molar-refractivity contribution is -0.135. The van der Waals surface area contributed by atoms with Gasteiger partial charge in [0.05, 0.1) is 24.9 Å². The van der Waals surface area contributed by atoms with E-state index in [4.69, 9.17) is 4.74 Å². The molecule has 2 aromatic heterocycles. The SMILES string of the molecule is Cc1nc2cncc(N3CCN(C(=O)C[C@@H]4CCCCO4)CC3)n2n1. The summed E-state index contributed by atoms with van der Waals surface area (Å²) in [5.41, 5.74) is 0.753. The van der Waals surface area contributed by atoms with Gasteiger partial charge in [-0.2, -0.15) is 4.52 Å². The highest BCUT2D eigenvalue weighted by atomic mass is 16.5. The highest BCUT2D eigenvalue weighted by molar-refractivity contribution is 5.77. The van der Waals surface area contributed by atoms with Crippen LogP contribution < -0.4 is 4.90 Å². The first kappa shape index (κ1) is 16.3. The van der Waals surface area contributed by atoms with Crippen LogP contribution in [-0.4, -0.2) is 69.3 Å². The van der Waals surface area contributed by atoms with Gasteiger partial charge in [0.15, 0.2) is 11.5 Å². The van der Waals surface area contributed by atoms with Gasteiger partial charge < -0.3 is 14.5 Å². The Balaban J connectivity index is 1.38. The summed E-state index contributed by atoms with van der Waals surface area (Å²) in [6.45, 7) is 5.65. The van der Waals surface area contributed by atoms with Crippen molar-refractivity contribution in [3.05, 3.63) is 18.2 Å². The maximum atomic E-state index is 12.5. The Labute approximate surface area is 146 Å². The lowest BCUT2D eigenvalue weighted by atomic mass is 10.1. The molecule has 8 heteroatoms. The van der Waals surface area contributed by atoms with Crippen LogP contribution in [0.5, 0.6) is 0 Å². The number of piperazine rings is 1. The van der Waals surface area contributed by atoms with Gasteiger partial charge in [0.2, 0.25) is 5.91 Å². The van der Waals surface area contributed by atoms with E-state index in [0.717, 1.165) is 62.9 Å². The highest BCUT2D eigenvalue weighted by Crippen LogP contribution is 2.19. The maximum Gasteiger partial charge on any atom is 0.225 e.